The minimum Gasteiger partial charge on any atom is -0.497 e. The number of nitrogens with one attached hydrogen (secondary N) is 1. The first-order valence-corrected chi connectivity index (χ1v) is 6.15. The number of oxazole rings is 1. The number of methoxy groups -OCH3 is 1. The molecule has 1 heterocycles. The second-order valence-electron chi connectivity index (χ2n) is 4.11. The van der Waals surface area contributed by atoms with Gasteiger partial charge in [-0.1, -0.05) is 0 Å². The molecular weight excluding hydrogens is 274 g/mol. The van der Waals surface area contributed by atoms with Crippen LogP contribution < -0.4 is 10.1 Å². The summed E-state index contributed by atoms with van der Waals surface area (Å²) in [6, 6.07) is 8.93. The fourth-order valence-corrected chi connectivity index (χ4v) is 1.66. The Kier molecular flexibility index (Phi) is 4.41. The van der Waals surface area contributed by atoms with Crippen LogP contribution in [0.2, 0.25) is 0 Å². The second-order valence-corrected chi connectivity index (χ2v) is 4.11. The van der Waals surface area contributed by atoms with Crippen molar-refractivity contribution < 1.29 is 19.1 Å². The summed E-state index contributed by atoms with van der Waals surface area (Å²) >= 11 is 0. The van der Waals surface area contributed by atoms with Gasteiger partial charge in [0.25, 0.3) is 0 Å². The van der Waals surface area contributed by atoms with Crippen LogP contribution in [0.3, 0.4) is 0 Å². The predicted octanol–water partition coefficient (Wildman–Crippen LogP) is 2.11. The lowest BCUT2D eigenvalue weighted by Gasteiger charge is -2.00. The van der Waals surface area contributed by atoms with Crippen LogP contribution in [0.25, 0.3) is 11.5 Å². The third-order valence-electron chi connectivity index (χ3n) is 2.69. The first-order valence-electron chi connectivity index (χ1n) is 6.15. The van der Waals surface area contributed by atoms with E-state index in [1.165, 1.54) is 0 Å². The normalized spacial score (nSPS) is 9.90. The average Bonchev–Trinajstić information content (AvgIpc) is 2.90. The van der Waals surface area contributed by atoms with Crippen molar-refractivity contribution in [3.8, 4) is 23.3 Å². The monoisotopic (exact) mass is 287 g/mol. The van der Waals surface area contributed by atoms with Crippen molar-refractivity contribution in [1.29, 1.82) is 5.26 Å². The fraction of sp³-hybridized carbons (Fsp3) is 0.214. The summed E-state index contributed by atoms with van der Waals surface area (Å²) < 4.78 is 10.5. The van der Waals surface area contributed by atoms with Gasteiger partial charge in [0.05, 0.1) is 13.5 Å². The Morgan fingerprint density at radius 1 is 1.48 bits per heavy atom. The number of aromatic nitrogens is 1. The van der Waals surface area contributed by atoms with Crippen LogP contribution in [0, 0.1) is 11.3 Å². The summed E-state index contributed by atoms with van der Waals surface area (Å²) in [5.74, 6) is 0.220. The van der Waals surface area contributed by atoms with Gasteiger partial charge in [-0.3, -0.25) is 4.79 Å². The highest BCUT2D eigenvalue weighted by molar-refractivity contribution is 5.67. The molecule has 0 unspecified atom stereocenters. The maximum absolute atomic E-state index is 10.5. The molecule has 1 aromatic carbocycles. The largest absolute Gasteiger partial charge is 0.497 e. The zero-order chi connectivity index (χ0) is 15.2. The Hall–Kier alpha value is -3.01. The Bertz CT molecular complexity index is 671. The highest BCUT2D eigenvalue weighted by Crippen LogP contribution is 2.26. The lowest BCUT2D eigenvalue weighted by molar-refractivity contribution is -0.136. The van der Waals surface area contributed by atoms with Gasteiger partial charge >= 0.3 is 5.97 Å². The molecule has 108 valence electrons. The second kappa shape index (κ2) is 6.43. The quantitative estimate of drug-likeness (QED) is 0.837. The zero-order valence-corrected chi connectivity index (χ0v) is 11.3. The van der Waals surface area contributed by atoms with Gasteiger partial charge in [0.1, 0.15) is 11.8 Å². The van der Waals surface area contributed by atoms with E-state index >= 15 is 0 Å². The molecule has 0 aliphatic carbocycles. The topological polar surface area (TPSA) is 108 Å². The van der Waals surface area contributed by atoms with E-state index in [2.05, 4.69) is 10.3 Å². The van der Waals surface area contributed by atoms with E-state index in [9.17, 15) is 4.79 Å². The molecule has 21 heavy (non-hydrogen) atoms. The molecular formula is C14H13N3O4. The number of benzene rings is 1. The lowest BCUT2D eigenvalue weighted by atomic mass is 10.2. The number of hydrogen-bond donors (Lipinski definition) is 2. The van der Waals surface area contributed by atoms with Crippen molar-refractivity contribution in [2.24, 2.45) is 0 Å². The third kappa shape index (κ3) is 3.51. The Morgan fingerprint density at radius 3 is 2.76 bits per heavy atom. The number of anilines is 1. The van der Waals surface area contributed by atoms with Gasteiger partial charge in [-0.25, -0.2) is 0 Å². The number of carboxylic acids is 1. The van der Waals surface area contributed by atoms with Crippen LogP contribution in [0.5, 0.6) is 5.75 Å². The first-order chi connectivity index (χ1) is 10.1. The van der Waals surface area contributed by atoms with Crippen LogP contribution in [-0.4, -0.2) is 29.7 Å². The molecule has 0 bridgehead atoms. The summed E-state index contributed by atoms with van der Waals surface area (Å²) in [6.07, 6.45) is -0.0799. The van der Waals surface area contributed by atoms with Crippen molar-refractivity contribution in [2.75, 3.05) is 19.0 Å². The number of hydrogen-bond acceptors (Lipinski definition) is 6. The van der Waals surface area contributed by atoms with Crippen LogP contribution in [0.15, 0.2) is 28.7 Å². The van der Waals surface area contributed by atoms with Crippen LogP contribution in [-0.2, 0) is 4.79 Å². The highest BCUT2D eigenvalue weighted by Gasteiger charge is 2.14. The number of ether oxygens (including phenoxy) is 1. The molecule has 7 heteroatoms. The molecule has 2 aromatic rings. The third-order valence-corrected chi connectivity index (χ3v) is 2.69. The summed E-state index contributed by atoms with van der Waals surface area (Å²) in [7, 11) is 1.57. The molecule has 0 saturated carbocycles. The average molecular weight is 287 g/mol. The van der Waals surface area contributed by atoms with Crippen molar-refractivity contribution in [3.63, 3.8) is 0 Å². The Morgan fingerprint density at radius 2 is 2.19 bits per heavy atom. The van der Waals surface area contributed by atoms with Gasteiger partial charge in [0.2, 0.25) is 17.5 Å². The summed E-state index contributed by atoms with van der Waals surface area (Å²) in [5, 5.41) is 20.4. The molecule has 7 nitrogen and oxygen atoms in total. The standard InChI is InChI=1S/C14H13N3O4/c1-20-10-4-2-9(3-5-10)13-17-11(8-15)14(21-13)16-7-6-12(18)19/h2-5,16H,6-7H2,1H3,(H,18,19). The van der Waals surface area contributed by atoms with Gasteiger partial charge < -0.3 is 19.6 Å². The van der Waals surface area contributed by atoms with Crippen LogP contribution in [0.4, 0.5) is 5.88 Å². The molecule has 0 saturated heterocycles. The molecule has 0 aliphatic heterocycles. The zero-order valence-electron chi connectivity index (χ0n) is 11.3. The van der Waals surface area contributed by atoms with E-state index in [0.29, 0.717) is 11.3 Å². The Labute approximate surface area is 120 Å². The number of carboxylic acid groups (broad SMARTS) is 1. The maximum atomic E-state index is 10.5. The predicted molar refractivity (Wildman–Crippen MR) is 73.9 cm³/mol. The molecule has 0 amide bonds. The van der Waals surface area contributed by atoms with E-state index in [0.717, 1.165) is 0 Å². The van der Waals surface area contributed by atoms with E-state index in [-0.39, 0.29) is 30.4 Å². The smallest absolute Gasteiger partial charge is 0.305 e. The minimum absolute atomic E-state index is 0.0799. The molecule has 2 N–H and O–H groups in total. The molecule has 0 fully saturated rings. The van der Waals surface area contributed by atoms with Crippen LogP contribution in [0.1, 0.15) is 12.1 Å². The summed E-state index contributed by atoms with van der Waals surface area (Å²) in [4.78, 5) is 14.5. The van der Waals surface area contributed by atoms with E-state index in [1.54, 1.807) is 31.4 Å². The van der Waals surface area contributed by atoms with E-state index < -0.39 is 5.97 Å². The van der Waals surface area contributed by atoms with E-state index in [4.69, 9.17) is 19.5 Å². The maximum Gasteiger partial charge on any atom is 0.305 e. The first kappa shape index (κ1) is 14.4. The number of nitrogens with zero attached hydrogens (tertiary/aromatic N) is 2. The molecule has 0 radical (unpaired) electrons. The SMILES string of the molecule is COc1ccc(-c2nc(C#N)c(NCCC(=O)O)o2)cc1. The number of aliphatic carboxylic acids is 1. The van der Waals surface area contributed by atoms with Gasteiger partial charge in [-0.05, 0) is 24.3 Å². The van der Waals surface area contributed by atoms with Gasteiger partial charge in [0.15, 0.2) is 0 Å². The Balaban J connectivity index is 2.19. The van der Waals surface area contributed by atoms with E-state index in [1.807, 2.05) is 6.07 Å². The highest BCUT2D eigenvalue weighted by atomic mass is 16.5. The summed E-state index contributed by atoms with van der Waals surface area (Å²) in [5.41, 5.74) is 0.782. The van der Waals surface area contributed by atoms with Crippen molar-refractivity contribution in [1.82, 2.24) is 4.98 Å². The lowest BCUT2D eigenvalue weighted by Crippen LogP contribution is -2.07. The molecule has 1 aromatic heterocycles. The van der Waals surface area contributed by atoms with Crippen molar-refractivity contribution in [2.45, 2.75) is 6.42 Å². The van der Waals surface area contributed by atoms with Gasteiger partial charge in [-0.15, -0.1) is 0 Å². The van der Waals surface area contributed by atoms with Crippen LogP contribution >= 0.6 is 0 Å². The van der Waals surface area contributed by atoms with Gasteiger partial charge in [0, 0.05) is 12.1 Å². The molecule has 0 spiro atoms. The number of carbonyl (C=O) groups is 1. The number of rotatable bonds is 6. The number of nitriles is 1. The minimum atomic E-state index is -0.934. The van der Waals surface area contributed by atoms with Crippen molar-refractivity contribution in [3.05, 3.63) is 30.0 Å². The fourth-order valence-electron chi connectivity index (χ4n) is 1.66. The molecule has 0 aliphatic rings. The summed E-state index contributed by atoms with van der Waals surface area (Å²) in [6.45, 7) is 0.154. The molecule has 2 rings (SSSR count). The van der Waals surface area contributed by atoms with Gasteiger partial charge in [-0.2, -0.15) is 10.2 Å². The molecule has 0 atom stereocenters. The van der Waals surface area contributed by atoms with Crippen molar-refractivity contribution >= 4 is 11.9 Å².